The van der Waals surface area contributed by atoms with Crippen LogP contribution in [0.1, 0.15) is 25.7 Å². The minimum absolute atomic E-state index is 0.127. The predicted molar refractivity (Wildman–Crippen MR) is 101 cm³/mol. The van der Waals surface area contributed by atoms with Gasteiger partial charge in [-0.15, -0.1) is 11.3 Å². The van der Waals surface area contributed by atoms with Crippen LogP contribution in [0.4, 0.5) is 15.2 Å². The maximum atomic E-state index is 14.4. The molecule has 1 aromatic carbocycles. The van der Waals surface area contributed by atoms with E-state index in [-0.39, 0.29) is 16.3 Å². The normalized spacial score (nSPS) is 20.7. The monoisotopic (exact) mass is 419 g/mol. The molecule has 26 heavy (non-hydrogen) atoms. The van der Waals surface area contributed by atoms with Crippen LogP contribution in [0.3, 0.4) is 0 Å². The lowest BCUT2D eigenvalue weighted by Gasteiger charge is -2.26. The summed E-state index contributed by atoms with van der Waals surface area (Å²) < 4.78 is 41.3. The second-order valence-corrected chi connectivity index (χ2v) is 9.21. The maximum Gasteiger partial charge on any atom is 0.266 e. The molecule has 0 unspecified atom stereocenters. The van der Waals surface area contributed by atoms with Crippen LogP contribution >= 0.6 is 22.9 Å². The van der Waals surface area contributed by atoms with Crippen molar-refractivity contribution in [1.82, 2.24) is 4.98 Å². The highest BCUT2D eigenvalue weighted by molar-refractivity contribution is 7.93. The number of aliphatic hydroxyl groups is 1. The predicted octanol–water partition coefficient (Wildman–Crippen LogP) is 3.70. The van der Waals surface area contributed by atoms with E-state index in [1.54, 1.807) is 5.38 Å². The van der Waals surface area contributed by atoms with Crippen LogP contribution in [-0.2, 0) is 10.0 Å². The van der Waals surface area contributed by atoms with Gasteiger partial charge in [0.1, 0.15) is 10.7 Å². The van der Waals surface area contributed by atoms with Crippen LogP contribution in [0.15, 0.2) is 28.6 Å². The van der Waals surface area contributed by atoms with E-state index in [0.717, 1.165) is 49.2 Å². The van der Waals surface area contributed by atoms with Crippen LogP contribution in [0.2, 0.25) is 5.02 Å². The summed E-state index contributed by atoms with van der Waals surface area (Å²) in [7, 11) is -4.11. The molecule has 2 aromatic rings. The van der Waals surface area contributed by atoms with Gasteiger partial charge in [-0.2, -0.15) is 0 Å². The number of rotatable bonds is 6. The number of anilines is 2. The minimum atomic E-state index is -4.11. The van der Waals surface area contributed by atoms with Crippen molar-refractivity contribution in [3.05, 3.63) is 34.5 Å². The third-order valence-corrected chi connectivity index (χ3v) is 6.85. The summed E-state index contributed by atoms with van der Waals surface area (Å²) >= 11 is 7.25. The Hall–Kier alpha value is -1.42. The smallest absolute Gasteiger partial charge is 0.266 e. The lowest BCUT2D eigenvalue weighted by molar-refractivity contribution is 0.111. The van der Waals surface area contributed by atoms with Gasteiger partial charge >= 0.3 is 0 Å². The van der Waals surface area contributed by atoms with Crippen molar-refractivity contribution in [2.45, 2.75) is 36.7 Å². The molecule has 1 saturated carbocycles. The van der Waals surface area contributed by atoms with Gasteiger partial charge in [-0.05, 0) is 43.7 Å². The van der Waals surface area contributed by atoms with Crippen LogP contribution in [-0.4, -0.2) is 31.2 Å². The van der Waals surface area contributed by atoms with Gasteiger partial charge in [-0.1, -0.05) is 11.6 Å². The molecular formula is C16H19ClFN3O3S2. The summed E-state index contributed by atoms with van der Waals surface area (Å²) in [6, 6.07) is 2.19. The van der Waals surface area contributed by atoms with E-state index in [1.807, 2.05) is 0 Å². The molecule has 1 aromatic heterocycles. The van der Waals surface area contributed by atoms with Crippen LogP contribution in [0, 0.1) is 11.7 Å². The van der Waals surface area contributed by atoms with Gasteiger partial charge in [0.15, 0.2) is 5.13 Å². The van der Waals surface area contributed by atoms with E-state index in [1.165, 1.54) is 6.20 Å². The Labute approximate surface area is 160 Å². The van der Waals surface area contributed by atoms with Crippen molar-refractivity contribution in [3.63, 3.8) is 0 Å². The maximum absolute atomic E-state index is 14.4. The fourth-order valence-corrected chi connectivity index (χ4v) is 5.09. The zero-order valence-electron chi connectivity index (χ0n) is 13.8. The molecule has 0 saturated heterocycles. The Balaban J connectivity index is 1.71. The van der Waals surface area contributed by atoms with Crippen molar-refractivity contribution < 1.29 is 17.9 Å². The van der Waals surface area contributed by atoms with Gasteiger partial charge in [0.25, 0.3) is 10.0 Å². The first-order valence-electron chi connectivity index (χ1n) is 8.18. The van der Waals surface area contributed by atoms with E-state index >= 15 is 0 Å². The molecule has 0 radical (unpaired) electrons. The largest absolute Gasteiger partial charge is 0.393 e. The molecule has 3 rings (SSSR count). The number of aliphatic hydroxyl groups excluding tert-OH is 1. The molecule has 10 heteroatoms. The van der Waals surface area contributed by atoms with Crippen molar-refractivity contribution >= 4 is 43.8 Å². The topological polar surface area (TPSA) is 91.3 Å². The van der Waals surface area contributed by atoms with Crippen molar-refractivity contribution in [2.24, 2.45) is 5.92 Å². The summed E-state index contributed by atoms with van der Waals surface area (Å²) in [6.07, 6.45) is 4.50. The molecule has 1 heterocycles. The molecule has 1 aliphatic rings. The fourth-order valence-electron chi connectivity index (χ4n) is 2.92. The summed E-state index contributed by atoms with van der Waals surface area (Å²) in [5, 5.41) is 14.5. The van der Waals surface area contributed by atoms with E-state index in [4.69, 9.17) is 11.6 Å². The summed E-state index contributed by atoms with van der Waals surface area (Å²) in [5.41, 5.74) is 0.350. The second kappa shape index (κ2) is 8.08. The number of hydrogen-bond donors (Lipinski definition) is 3. The first-order chi connectivity index (χ1) is 12.3. The lowest BCUT2D eigenvalue weighted by atomic mass is 9.87. The molecule has 1 fully saturated rings. The lowest BCUT2D eigenvalue weighted by Crippen LogP contribution is -2.23. The summed E-state index contributed by atoms with van der Waals surface area (Å²) in [5.74, 6) is -0.521. The Morgan fingerprint density at radius 2 is 2.04 bits per heavy atom. The summed E-state index contributed by atoms with van der Waals surface area (Å²) in [4.78, 5) is 3.30. The quantitative estimate of drug-likeness (QED) is 0.664. The third-order valence-electron chi connectivity index (χ3n) is 4.36. The molecule has 0 aliphatic heterocycles. The zero-order chi connectivity index (χ0) is 18.7. The molecule has 1 aliphatic carbocycles. The summed E-state index contributed by atoms with van der Waals surface area (Å²) in [6.45, 7) is 0.593. The Bertz CT molecular complexity index is 854. The van der Waals surface area contributed by atoms with Gasteiger partial charge in [0.2, 0.25) is 0 Å². The number of aromatic nitrogens is 1. The number of thiazole rings is 1. The first-order valence-corrected chi connectivity index (χ1v) is 10.9. The van der Waals surface area contributed by atoms with Gasteiger partial charge in [0, 0.05) is 18.1 Å². The number of benzene rings is 1. The molecule has 3 N–H and O–H groups in total. The molecule has 0 amide bonds. The molecular weight excluding hydrogens is 401 g/mol. The number of nitrogens with zero attached hydrogens (tertiary/aromatic N) is 1. The molecule has 142 valence electrons. The van der Waals surface area contributed by atoms with Crippen molar-refractivity contribution in [3.8, 4) is 0 Å². The number of nitrogens with one attached hydrogen (secondary N) is 2. The fraction of sp³-hybridized carbons (Fsp3) is 0.438. The Morgan fingerprint density at radius 1 is 1.31 bits per heavy atom. The first kappa shape index (κ1) is 19.3. The molecule has 0 atom stereocenters. The average Bonchev–Trinajstić information content (AvgIpc) is 3.09. The van der Waals surface area contributed by atoms with Crippen molar-refractivity contribution in [2.75, 3.05) is 16.6 Å². The molecule has 0 bridgehead atoms. The van der Waals surface area contributed by atoms with Crippen LogP contribution in [0.5, 0.6) is 0 Å². The highest BCUT2D eigenvalue weighted by Gasteiger charge is 2.23. The van der Waals surface area contributed by atoms with Crippen molar-refractivity contribution in [1.29, 1.82) is 0 Å². The Morgan fingerprint density at radius 3 is 2.69 bits per heavy atom. The molecule has 0 spiro atoms. The van der Waals surface area contributed by atoms with Gasteiger partial charge in [0.05, 0.1) is 16.8 Å². The second-order valence-electron chi connectivity index (χ2n) is 6.26. The highest BCUT2D eigenvalue weighted by Crippen LogP contribution is 2.31. The number of halogens is 2. The van der Waals surface area contributed by atoms with Crippen LogP contribution < -0.4 is 10.0 Å². The number of sulfonamides is 1. The van der Waals surface area contributed by atoms with Gasteiger partial charge < -0.3 is 10.4 Å². The third kappa shape index (κ3) is 4.64. The van der Waals surface area contributed by atoms with E-state index in [9.17, 15) is 17.9 Å². The van der Waals surface area contributed by atoms with Crippen LogP contribution in [0.25, 0.3) is 0 Å². The number of hydrogen-bond acceptors (Lipinski definition) is 6. The SMILES string of the molecule is O=S(=O)(Nc1nccs1)c1cc(Cl)c(NCC2CCC(O)CC2)cc1F. The Kier molecular flexibility index (Phi) is 6.01. The van der Waals surface area contributed by atoms with E-state index in [0.29, 0.717) is 18.2 Å². The minimum Gasteiger partial charge on any atom is -0.393 e. The highest BCUT2D eigenvalue weighted by atomic mass is 35.5. The zero-order valence-corrected chi connectivity index (χ0v) is 16.2. The average molecular weight is 420 g/mol. The standard InChI is InChI=1S/C16H19ClFN3O3S2/c17-12-7-15(26(23,24)21-16-19-5-6-25-16)13(18)8-14(12)20-9-10-1-3-11(22)4-2-10/h5-8,10-11,20,22H,1-4,9H2,(H,19,21). The van der Waals surface area contributed by atoms with Gasteiger partial charge in [-0.3, -0.25) is 4.72 Å². The van der Waals surface area contributed by atoms with E-state index in [2.05, 4.69) is 15.0 Å². The van der Waals surface area contributed by atoms with Gasteiger partial charge in [-0.25, -0.2) is 17.8 Å². The van der Waals surface area contributed by atoms with E-state index < -0.39 is 20.7 Å². The molecule has 6 nitrogen and oxygen atoms in total.